The minimum atomic E-state index is -0.611. The van der Waals surface area contributed by atoms with Gasteiger partial charge in [-0.1, -0.05) is 12.2 Å². The summed E-state index contributed by atoms with van der Waals surface area (Å²) in [4.78, 5) is 60.5. The number of hydrogen-bond donors (Lipinski definition) is 5. The molecule has 0 saturated heterocycles. The van der Waals surface area contributed by atoms with Gasteiger partial charge in [0.05, 0.1) is 33.5 Å². The Hall–Kier alpha value is -6.62. The Labute approximate surface area is 303 Å². The highest BCUT2D eigenvalue weighted by atomic mass is 16.2. The van der Waals surface area contributed by atoms with Crippen LogP contribution in [0.4, 0.5) is 11.9 Å². The van der Waals surface area contributed by atoms with Crippen molar-refractivity contribution in [3.8, 4) is 0 Å². The highest BCUT2D eigenvalue weighted by Gasteiger charge is 2.22. The second-order valence-corrected chi connectivity index (χ2v) is 12.4. The number of benzene rings is 2. The molecular formula is C36H41N13O4. The lowest BCUT2D eigenvalue weighted by molar-refractivity contribution is 0.0992. The highest BCUT2D eigenvalue weighted by Crippen LogP contribution is 2.27. The van der Waals surface area contributed by atoms with E-state index in [1.54, 1.807) is 56.4 Å². The predicted molar refractivity (Wildman–Crippen MR) is 200 cm³/mol. The van der Waals surface area contributed by atoms with Crippen molar-refractivity contribution in [3.05, 3.63) is 94.1 Å². The number of imidazole rings is 2. The summed E-state index contributed by atoms with van der Waals surface area (Å²) in [6, 6.07) is 11.6. The molecule has 0 bridgehead atoms. The first-order valence-electron chi connectivity index (χ1n) is 17.1. The van der Waals surface area contributed by atoms with Crippen LogP contribution in [0.5, 0.6) is 0 Å². The summed E-state index contributed by atoms with van der Waals surface area (Å²) in [5, 5.41) is 14.6. The number of anilines is 2. The SMILES string of the molecule is CCn1nc(C)cc1C(=O)Nc1nc2cc(C(N)=O)ccc2n1C/C=C/Cn1c(NC(=O)c2cc(C)nn2CC)nc2cc(C(N)=O)cc(CCN)c21. The Morgan fingerprint density at radius 3 is 1.79 bits per heavy atom. The van der Waals surface area contributed by atoms with Crippen LogP contribution in [0.1, 0.15) is 72.5 Å². The number of aromatic nitrogens is 8. The Kier molecular flexibility index (Phi) is 10.2. The maximum atomic E-state index is 13.6. The third-order valence-corrected chi connectivity index (χ3v) is 8.71. The zero-order valence-electron chi connectivity index (χ0n) is 29.9. The third kappa shape index (κ3) is 7.27. The number of aryl methyl sites for hydroxylation is 4. The second-order valence-electron chi connectivity index (χ2n) is 12.4. The summed E-state index contributed by atoms with van der Waals surface area (Å²) >= 11 is 0. The first-order valence-corrected chi connectivity index (χ1v) is 17.1. The van der Waals surface area contributed by atoms with Crippen LogP contribution < -0.4 is 27.8 Å². The Morgan fingerprint density at radius 1 is 0.717 bits per heavy atom. The van der Waals surface area contributed by atoms with E-state index in [9.17, 15) is 19.2 Å². The molecular weight excluding hydrogens is 678 g/mol. The minimum absolute atomic E-state index is 0.249. The van der Waals surface area contributed by atoms with Gasteiger partial charge in [-0.25, -0.2) is 9.97 Å². The fourth-order valence-corrected chi connectivity index (χ4v) is 6.31. The number of carbonyl (C=O) groups is 4. The van der Waals surface area contributed by atoms with Gasteiger partial charge in [-0.15, -0.1) is 0 Å². The van der Waals surface area contributed by atoms with Gasteiger partial charge in [0.1, 0.15) is 11.4 Å². The molecule has 0 atom stereocenters. The monoisotopic (exact) mass is 719 g/mol. The van der Waals surface area contributed by atoms with E-state index < -0.39 is 23.6 Å². The molecule has 0 aliphatic rings. The second kappa shape index (κ2) is 14.9. The smallest absolute Gasteiger partial charge is 0.276 e. The molecule has 0 aliphatic heterocycles. The molecule has 4 aromatic heterocycles. The number of nitrogens with zero attached hydrogens (tertiary/aromatic N) is 8. The summed E-state index contributed by atoms with van der Waals surface area (Å²) in [6.07, 6.45) is 4.19. The van der Waals surface area contributed by atoms with Crippen LogP contribution in [-0.2, 0) is 32.6 Å². The fourth-order valence-electron chi connectivity index (χ4n) is 6.31. The number of rotatable bonds is 14. The molecule has 274 valence electrons. The first kappa shape index (κ1) is 36.2. The minimum Gasteiger partial charge on any atom is -0.366 e. The van der Waals surface area contributed by atoms with Gasteiger partial charge in [0.2, 0.25) is 23.7 Å². The van der Waals surface area contributed by atoms with Gasteiger partial charge in [0, 0.05) is 37.3 Å². The molecule has 4 heterocycles. The molecule has 6 aromatic rings. The molecule has 17 nitrogen and oxygen atoms in total. The van der Waals surface area contributed by atoms with Crippen molar-refractivity contribution in [2.45, 2.75) is 60.3 Å². The van der Waals surface area contributed by atoms with Gasteiger partial charge in [-0.05, 0) is 88.7 Å². The zero-order valence-corrected chi connectivity index (χ0v) is 29.9. The average molecular weight is 720 g/mol. The summed E-state index contributed by atoms with van der Waals surface area (Å²) < 4.78 is 6.85. The van der Waals surface area contributed by atoms with Crippen LogP contribution in [0.3, 0.4) is 0 Å². The van der Waals surface area contributed by atoms with Crippen molar-refractivity contribution in [3.63, 3.8) is 0 Å². The van der Waals surface area contributed by atoms with E-state index >= 15 is 0 Å². The van der Waals surface area contributed by atoms with E-state index in [2.05, 4.69) is 25.8 Å². The normalized spacial score (nSPS) is 11.6. The molecule has 53 heavy (non-hydrogen) atoms. The average Bonchev–Trinajstić information content (AvgIpc) is 3.88. The number of nitrogens with one attached hydrogen (secondary N) is 2. The van der Waals surface area contributed by atoms with E-state index in [1.807, 2.05) is 44.4 Å². The molecule has 17 heteroatoms. The summed E-state index contributed by atoms with van der Waals surface area (Å²) in [6.45, 7) is 9.22. The van der Waals surface area contributed by atoms with Crippen molar-refractivity contribution in [2.24, 2.45) is 17.2 Å². The quantitative estimate of drug-likeness (QED) is 0.104. The molecule has 0 radical (unpaired) electrons. The standard InChI is InChI=1S/C36H41N13O4/c1-5-48-28(15-20(3)44-48)33(52)42-35-40-25-18-23(31(38)50)9-10-27(25)46(35)13-7-8-14-47-30-22(11-12-37)17-24(32(39)51)19-26(30)41-36(47)43-34(53)29-16-21(4)45-49(29)6-2/h7-10,15-19H,5-6,11-14,37H2,1-4H3,(H2,38,50)(H2,39,51)(H,40,42,52)(H,41,43,53)/b8-7+. The lowest BCUT2D eigenvalue weighted by atomic mass is 10.1. The number of fused-ring (bicyclic) bond motifs is 2. The van der Waals surface area contributed by atoms with Crippen LogP contribution in [0, 0.1) is 13.8 Å². The van der Waals surface area contributed by atoms with Crippen LogP contribution in [0.2, 0.25) is 0 Å². The third-order valence-electron chi connectivity index (χ3n) is 8.71. The molecule has 0 aliphatic carbocycles. The topological polar surface area (TPSA) is 242 Å². The lowest BCUT2D eigenvalue weighted by Gasteiger charge is -2.12. The molecule has 4 amide bonds. The van der Waals surface area contributed by atoms with E-state index in [4.69, 9.17) is 22.2 Å². The van der Waals surface area contributed by atoms with Gasteiger partial charge >= 0.3 is 0 Å². The fraction of sp³-hybridized carbons (Fsp3) is 0.278. The van der Waals surface area contributed by atoms with Gasteiger partial charge < -0.3 is 26.3 Å². The Bertz CT molecular complexity index is 2430. The molecule has 0 saturated carbocycles. The van der Waals surface area contributed by atoms with Crippen molar-refractivity contribution in [1.82, 2.24) is 38.7 Å². The van der Waals surface area contributed by atoms with Crippen molar-refractivity contribution in [2.75, 3.05) is 17.2 Å². The zero-order chi connectivity index (χ0) is 38.0. The molecule has 6 rings (SSSR count). The van der Waals surface area contributed by atoms with Crippen LogP contribution in [0.15, 0.2) is 54.6 Å². The van der Waals surface area contributed by atoms with Gasteiger partial charge in [0.25, 0.3) is 11.8 Å². The van der Waals surface area contributed by atoms with E-state index in [0.29, 0.717) is 70.9 Å². The molecule has 8 N–H and O–H groups in total. The number of primary amides is 2. The summed E-state index contributed by atoms with van der Waals surface area (Å²) in [5.41, 5.74) is 22.9. The lowest BCUT2D eigenvalue weighted by Crippen LogP contribution is -2.20. The van der Waals surface area contributed by atoms with E-state index in [1.165, 1.54) is 0 Å². The van der Waals surface area contributed by atoms with E-state index in [0.717, 1.165) is 5.56 Å². The number of hydrogen-bond acceptors (Lipinski definition) is 9. The van der Waals surface area contributed by atoms with Crippen molar-refractivity contribution < 1.29 is 19.2 Å². The summed E-state index contributed by atoms with van der Waals surface area (Å²) in [7, 11) is 0. The number of amides is 4. The number of allylic oxidation sites excluding steroid dienone is 2. The van der Waals surface area contributed by atoms with Gasteiger partial charge in [-0.3, -0.25) is 39.2 Å². The highest BCUT2D eigenvalue weighted by molar-refractivity contribution is 6.05. The van der Waals surface area contributed by atoms with Crippen molar-refractivity contribution >= 4 is 57.6 Å². The van der Waals surface area contributed by atoms with E-state index in [-0.39, 0.29) is 36.1 Å². The molecule has 2 aromatic carbocycles. The molecule has 0 fully saturated rings. The number of nitrogens with two attached hydrogens (primary N) is 3. The maximum absolute atomic E-state index is 13.6. The molecule has 0 spiro atoms. The van der Waals surface area contributed by atoms with Crippen LogP contribution in [0.25, 0.3) is 22.1 Å². The van der Waals surface area contributed by atoms with Crippen LogP contribution >= 0.6 is 0 Å². The Balaban J connectivity index is 1.37. The van der Waals surface area contributed by atoms with Crippen LogP contribution in [-0.4, -0.2) is 68.8 Å². The maximum Gasteiger partial charge on any atom is 0.276 e. The predicted octanol–water partition coefficient (Wildman–Crippen LogP) is 2.90. The van der Waals surface area contributed by atoms with Gasteiger partial charge in [0.15, 0.2) is 0 Å². The largest absolute Gasteiger partial charge is 0.366 e. The first-order chi connectivity index (χ1) is 25.4. The Morgan fingerprint density at radius 2 is 1.25 bits per heavy atom. The van der Waals surface area contributed by atoms with Gasteiger partial charge in [-0.2, -0.15) is 10.2 Å². The number of carbonyl (C=O) groups excluding carboxylic acids is 4. The summed E-state index contributed by atoms with van der Waals surface area (Å²) in [5.74, 6) is -1.50. The molecule has 0 unspecified atom stereocenters. The van der Waals surface area contributed by atoms with Crippen molar-refractivity contribution in [1.29, 1.82) is 0 Å².